The predicted octanol–water partition coefficient (Wildman–Crippen LogP) is 3.03. The van der Waals surface area contributed by atoms with E-state index in [0.717, 1.165) is 4.88 Å². The number of methoxy groups -OCH3 is 2. The maximum Gasteiger partial charge on any atom is 0.247 e. The molecule has 0 bridgehead atoms. The highest BCUT2D eigenvalue weighted by atomic mass is 32.2. The number of sulfonamides is 1. The van der Waals surface area contributed by atoms with Gasteiger partial charge in [0.25, 0.3) is 0 Å². The van der Waals surface area contributed by atoms with Crippen molar-refractivity contribution in [1.82, 2.24) is 14.4 Å². The molecular weight excluding hydrogens is 390 g/mol. The van der Waals surface area contributed by atoms with Crippen LogP contribution in [0.1, 0.15) is 12.8 Å². The van der Waals surface area contributed by atoms with E-state index in [2.05, 4.69) is 10.1 Å². The summed E-state index contributed by atoms with van der Waals surface area (Å²) in [6.45, 7) is 1.91. The molecule has 2 aromatic heterocycles. The van der Waals surface area contributed by atoms with Gasteiger partial charge < -0.3 is 14.0 Å². The van der Waals surface area contributed by atoms with E-state index < -0.39 is 10.0 Å². The van der Waals surface area contributed by atoms with Crippen LogP contribution in [0.4, 0.5) is 0 Å². The SMILES string of the molecule is CCN(Cc1nc(-c2cccs2)no1)S(=O)(=O)c1cc(OC)ccc1OC. The second-order valence-electron chi connectivity index (χ2n) is 5.44. The Hall–Kier alpha value is -2.43. The van der Waals surface area contributed by atoms with Gasteiger partial charge in [0, 0.05) is 12.6 Å². The molecule has 10 heteroatoms. The Kier molecular flexibility index (Phi) is 5.78. The molecule has 3 rings (SSSR count). The van der Waals surface area contributed by atoms with Crippen molar-refractivity contribution in [3.63, 3.8) is 0 Å². The van der Waals surface area contributed by atoms with Crippen molar-refractivity contribution in [1.29, 1.82) is 0 Å². The predicted molar refractivity (Wildman–Crippen MR) is 100 cm³/mol. The van der Waals surface area contributed by atoms with E-state index in [1.165, 1.54) is 35.9 Å². The highest BCUT2D eigenvalue weighted by Gasteiger charge is 2.29. The number of hydrogen-bond donors (Lipinski definition) is 0. The fourth-order valence-corrected chi connectivity index (χ4v) is 4.69. The third-order valence-electron chi connectivity index (χ3n) is 3.86. The summed E-state index contributed by atoms with van der Waals surface area (Å²) in [5, 5.41) is 5.83. The Morgan fingerprint density at radius 3 is 2.67 bits per heavy atom. The van der Waals surface area contributed by atoms with Crippen LogP contribution in [0.3, 0.4) is 0 Å². The monoisotopic (exact) mass is 409 g/mol. The fraction of sp³-hybridized carbons (Fsp3) is 0.294. The van der Waals surface area contributed by atoms with Crippen molar-refractivity contribution in [2.24, 2.45) is 0 Å². The zero-order valence-electron chi connectivity index (χ0n) is 15.1. The summed E-state index contributed by atoms with van der Waals surface area (Å²) < 4.78 is 43.2. The maximum atomic E-state index is 13.2. The number of benzene rings is 1. The lowest BCUT2D eigenvalue weighted by molar-refractivity contribution is 0.320. The summed E-state index contributed by atoms with van der Waals surface area (Å²) in [6, 6.07) is 8.38. The number of ether oxygens (including phenoxy) is 2. The minimum atomic E-state index is -3.87. The van der Waals surface area contributed by atoms with Gasteiger partial charge in [0.05, 0.1) is 25.6 Å². The first-order chi connectivity index (χ1) is 13.0. The molecule has 0 N–H and O–H groups in total. The minimum Gasteiger partial charge on any atom is -0.497 e. The number of aromatic nitrogens is 2. The molecule has 27 heavy (non-hydrogen) atoms. The third kappa shape index (κ3) is 3.97. The van der Waals surface area contributed by atoms with Gasteiger partial charge in [0.1, 0.15) is 16.4 Å². The molecule has 1 aromatic carbocycles. The molecule has 0 aliphatic rings. The van der Waals surface area contributed by atoms with Crippen LogP contribution in [-0.2, 0) is 16.6 Å². The largest absolute Gasteiger partial charge is 0.497 e. The van der Waals surface area contributed by atoms with E-state index in [1.54, 1.807) is 19.1 Å². The van der Waals surface area contributed by atoms with E-state index in [0.29, 0.717) is 11.6 Å². The second kappa shape index (κ2) is 8.07. The summed E-state index contributed by atoms with van der Waals surface area (Å²) in [5.74, 6) is 1.31. The van der Waals surface area contributed by atoms with E-state index >= 15 is 0 Å². The zero-order chi connectivity index (χ0) is 19.4. The van der Waals surface area contributed by atoms with Crippen LogP contribution < -0.4 is 9.47 Å². The molecule has 0 aliphatic heterocycles. The molecule has 0 unspecified atom stereocenters. The van der Waals surface area contributed by atoms with Gasteiger partial charge in [-0.3, -0.25) is 0 Å². The molecule has 0 atom stereocenters. The topological polar surface area (TPSA) is 94.8 Å². The Labute approximate surface area is 161 Å². The third-order valence-corrected chi connectivity index (χ3v) is 6.67. The van der Waals surface area contributed by atoms with Gasteiger partial charge in [0.15, 0.2) is 0 Å². The molecule has 0 spiro atoms. The van der Waals surface area contributed by atoms with Crippen molar-refractivity contribution in [2.45, 2.75) is 18.4 Å². The number of thiophene rings is 1. The van der Waals surface area contributed by atoms with E-state index in [1.807, 2.05) is 17.5 Å². The number of rotatable bonds is 8. The molecule has 0 amide bonds. The second-order valence-corrected chi connectivity index (χ2v) is 8.29. The van der Waals surface area contributed by atoms with Crippen molar-refractivity contribution in [3.8, 4) is 22.2 Å². The van der Waals surface area contributed by atoms with Crippen LogP contribution >= 0.6 is 11.3 Å². The van der Waals surface area contributed by atoms with Gasteiger partial charge >= 0.3 is 0 Å². The first-order valence-electron chi connectivity index (χ1n) is 8.08. The summed E-state index contributed by atoms with van der Waals surface area (Å²) >= 11 is 1.48. The molecular formula is C17H19N3O5S2. The average Bonchev–Trinajstić information content (AvgIpc) is 3.36. The Morgan fingerprint density at radius 2 is 2.04 bits per heavy atom. The van der Waals surface area contributed by atoms with Gasteiger partial charge in [-0.2, -0.15) is 9.29 Å². The Bertz CT molecular complexity index is 1000. The average molecular weight is 409 g/mol. The normalized spacial score (nSPS) is 11.7. The maximum absolute atomic E-state index is 13.2. The summed E-state index contributed by atoms with van der Waals surface area (Å²) in [5.41, 5.74) is 0. The molecule has 8 nitrogen and oxygen atoms in total. The van der Waals surface area contributed by atoms with E-state index in [9.17, 15) is 8.42 Å². The van der Waals surface area contributed by atoms with Gasteiger partial charge in [-0.15, -0.1) is 11.3 Å². The van der Waals surface area contributed by atoms with E-state index in [4.69, 9.17) is 14.0 Å². The first-order valence-corrected chi connectivity index (χ1v) is 10.4. The molecule has 0 radical (unpaired) electrons. The molecule has 0 saturated carbocycles. The standard InChI is InChI=1S/C17H19N3O5S2/c1-4-20(11-16-18-17(19-25-16)14-6-5-9-26-14)27(21,22)15-10-12(23-2)7-8-13(15)24-3/h5-10H,4,11H2,1-3H3. The molecule has 0 saturated heterocycles. The van der Waals surface area contributed by atoms with Crippen LogP contribution in [-0.4, -0.2) is 43.6 Å². The summed E-state index contributed by atoms with van der Waals surface area (Å²) in [4.78, 5) is 5.16. The van der Waals surface area contributed by atoms with Crippen molar-refractivity contribution in [2.75, 3.05) is 20.8 Å². The van der Waals surface area contributed by atoms with Crippen molar-refractivity contribution < 1.29 is 22.4 Å². The summed E-state index contributed by atoms with van der Waals surface area (Å²) in [6.07, 6.45) is 0. The van der Waals surface area contributed by atoms with Crippen LogP contribution in [0, 0.1) is 0 Å². The van der Waals surface area contributed by atoms with Crippen LogP contribution in [0.2, 0.25) is 0 Å². The van der Waals surface area contributed by atoms with Crippen molar-refractivity contribution >= 4 is 21.4 Å². The lowest BCUT2D eigenvalue weighted by Gasteiger charge is -2.20. The lowest BCUT2D eigenvalue weighted by Crippen LogP contribution is -2.31. The van der Waals surface area contributed by atoms with Crippen LogP contribution in [0.25, 0.3) is 10.7 Å². The van der Waals surface area contributed by atoms with Gasteiger partial charge in [0.2, 0.25) is 21.7 Å². The smallest absolute Gasteiger partial charge is 0.247 e. The summed E-state index contributed by atoms with van der Waals surface area (Å²) in [7, 11) is -0.974. The lowest BCUT2D eigenvalue weighted by atomic mass is 10.3. The fourth-order valence-electron chi connectivity index (χ4n) is 2.47. The molecule has 3 aromatic rings. The molecule has 2 heterocycles. The Balaban J connectivity index is 1.91. The number of nitrogens with zero attached hydrogens (tertiary/aromatic N) is 3. The van der Waals surface area contributed by atoms with Crippen LogP contribution in [0.5, 0.6) is 11.5 Å². The van der Waals surface area contributed by atoms with Crippen molar-refractivity contribution in [3.05, 3.63) is 41.6 Å². The quantitative estimate of drug-likeness (QED) is 0.564. The van der Waals surface area contributed by atoms with Gasteiger partial charge in [-0.25, -0.2) is 8.42 Å². The zero-order valence-corrected chi connectivity index (χ0v) is 16.7. The molecule has 0 aliphatic carbocycles. The van der Waals surface area contributed by atoms with E-state index in [-0.39, 0.29) is 29.6 Å². The first kappa shape index (κ1) is 19.3. The highest BCUT2D eigenvalue weighted by Crippen LogP contribution is 2.31. The van der Waals surface area contributed by atoms with Gasteiger partial charge in [-0.1, -0.05) is 18.1 Å². The minimum absolute atomic E-state index is 0.0178. The molecule has 144 valence electrons. The molecule has 0 fully saturated rings. The Morgan fingerprint density at radius 1 is 1.22 bits per heavy atom. The number of hydrogen-bond acceptors (Lipinski definition) is 8. The van der Waals surface area contributed by atoms with Gasteiger partial charge in [-0.05, 0) is 23.6 Å². The highest BCUT2D eigenvalue weighted by molar-refractivity contribution is 7.89. The van der Waals surface area contributed by atoms with Crippen LogP contribution in [0.15, 0.2) is 45.1 Å².